The van der Waals surface area contributed by atoms with Gasteiger partial charge in [-0.25, -0.2) is 14.2 Å². The van der Waals surface area contributed by atoms with Crippen LogP contribution in [0.4, 0.5) is 4.39 Å². The first-order valence-electron chi connectivity index (χ1n) is 5.38. The normalized spacial score (nSPS) is 11.2. The second-order valence-corrected chi connectivity index (χ2v) is 4.13. The number of hydrogen-bond acceptors (Lipinski definition) is 5. The summed E-state index contributed by atoms with van der Waals surface area (Å²) >= 11 is 11.1. The van der Waals surface area contributed by atoms with Crippen molar-refractivity contribution in [1.82, 2.24) is 4.98 Å². The molecule has 0 aliphatic heterocycles. The van der Waals surface area contributed by atoms with Crippen molar-refractivity contribution in [2.45, 2.75) is 6.92 Å². The van der Waals surface area contributed by atoms with Gasteiger partial charge in [0, 0.05) is 0 Å². The zero-order valence-electron chi connectivity index (χ0n) is 10.6. The second kappa shape index (κ2) is 7.21. The number of Topliss-reactive ketones (excluding diaryl/α,β-unsaturated/α-hetero) is 1. The second-order valence-electron chi connectivity index (χ2n) is 3.42. The maximum absolute atomic E-state index is 13.3. The van der Waals surface area contributed by atoms with Crippen LogP contribution >= 0.6 is 23.2 Å². The van der Waals surface area contributed by atoms with E-state index in [1.165, 1.54) is 7.11 Å². The molecular formula is C12H10Cl2FNO4. The van der Waals surface area contributed by atoms with Crippen LogP contribution in [0.2, 0.25) is 10.3 Å². The van der Waals surface area contributed by atoms with Crippen molar-refractivity contribution in [1.29, 1.82) is 0 Å². The molecule has 0 aliphatic carbocycles. The average molecular weight is 322 g/mol. The van der Waals surface area contributed by atoms with Gasteiger partial charge in [0.1, 0.15) is 17.0 Å². The number of carbonyl (C=O) groups is 2. The molecule has 1 heterocycles. The highest BCUT2D eigenvalue weighted by Gasteiger charge is 2.25. The molecule has 0 radical (unpaired) electrons. The van der Waals surface area contributed by atoms with Crippen LogP contribution in [-0.2, 0) is 14.3 Å². The Morgan fingerprint density at radius 2 is 2.05 bits per heavy atom. The minimum atomic E-state index is -0.931. The Balaban J connectivity index is 3.23. The van der Waals surface area contributed by atoms with Gasteiger partial charge in [0.15, 0.2) is 11.0 Å². The molecule has 5 nitrogen and oxygen atoms in total. The molecule has 0 atom stereocenters. The summed E-state index contributed by atoms with van der Waals surface area (Å²) in [6.45, 7) is 1.64. The lowest BCUT2D eigenvalue weighted by molar-refractivity contribution is -0.138. The number of aromatic nitrogens is 1. The lowest BCUT2D eigenvalue weighted by Gasteiger charge is -2.07. The zero-order chi connectivity index (χ0) is 15.3. The molecule has 1 aromatic rings. The van der Waals surface area contributed by atoms with E-state index in [9.17, 15) is 14.0 Å². The van der Waals surface area contributed by atoms with Crippen molar-refractivity contribution in [2.24, 2.45) is 0 Å². The number of ketones is 1. The number of methoxy groups -OCH3 is 1. The van der Waals surface area contributed by atoms with E-state index < -0.39 is 28.3 Å². The van der Waals surface area contributed by atoms with E-state index in [4.69, 9.17) is 27.9 Å². The van der Waals surface area contributed by atoms with Gasteiger partial charge in [-0.2, -0.15) is 0 Å². The smallest absolute Gasteiger partial charge is 0.345 e. The van der Waals surface area contributed by atoms with Crippen LogP contribution in [0.3, 0.4) is 0 Å². The number of pyridine rings is 1. The molecular weight excluding hydrogens is 312 g/mol. The van der Waals surface area contributed by atoms with Crippen LogP contribution in [0, 0.1) is 5.82 Å². The van der Waals surface area contributed by atoms with E-state index in [2.05, 4.69) is 9.72 Å². The molecule has 0 N–H and O–H groups in total. The third-order valence-corrected chi connectivity index (χ3v) is 2.66. The summed E-state index contributed by atoms with van der Waals surface area (Å²) in [7, 11) is 1.24. The molecule has 0 aromatic carbocycles. The van der Waals surface area contributed by atoms with Gasteiger partial charge in [-0.3, -0.25) is 4.79 Å². The van der Waals surface area contributed by atoms with Crippen molar-refractivity contribution >= 4 is 35.0 Å². The lowest BCUT2D eigenvalue weighted by atomic mass is 10.1. The lowest BCUT2D eigenvalue weighted by Crippen LogP contribution is -2.17. The largest absolute Gasteiger partial charge is 0.503 e. The monoisotopic (exact) mass is 321 g/mol. The average Bonchev–Trinajstić information content (AvgIpc) is 2.39. The van der Waals surface area contributed by atoms with Crippen molar-refractivity contribution < 1.29 is 23.5 Å². The first-order chi connectivity index (χ1) is 9.42. The quantitative estimate of drug-likeness (QED) is 0.159. The van der Waals surface area contributed by atoms with Crippen molar-refractivity contribution in [3.63, 3.8) is 0 Å². The third kappa shape index (κ3) is 3.68. The first kappa shape index (κ1) is 16.4. The molecule has 0 bridgehead atoms. The Morgan fingerprint density at radius 3 is 2.60 bits per heavy atom. The Hall–Kier alpha value is -1.66. The number of nitrogens with zero attached hydrogens (tertiary/aromatic N) is 1. The maximum atomic E-state index is 13.3. The number of ether oxygens (including phenoxy) is 2. The van der Waals surface area contributed by atoms with Gasteiger partial charge in [0.25, 0.3) is 0 Å². The Morgan fingerprint density at radius 1 is 1.40 bits per heavy atom. The highest BCUT2D eigenvalue weighted by atomic mass is 35.5. The van der Waals surface area contributed by atoms with E-state index in [-0.39, 0.29) is 17.3 Å². The molecule has 0 saturated heterocycles. The Kier molecular flexibility index (Phi) is 5.91. The fourth-order valence-electron chi connectivity index (χ4n) is 1.27. The van der Waals surface area contributed by atoms with Crippen molar-refractivity contribution in [3.05, 3.63) is 39.6 Å². The molecule has 1 aromatic heterocycles. The molecule has 20 heavy (non-hydrogen) atoms. The first-order valence-corrected chi connectivity index (χ1v) is 6.14. The van der Waals surface area contributed by atoms with E-state index in [0.717, 1.165) is 12.3 Å². The summed E-state index contributed by atoms with van der Waals surface area (Å²) in [6, 6.07) is 0.794. The summed E-state index contributed by atoms with van der Waals surface area (Å²) in [6.07, 6.45) is 0.892. The van der Waals surface area contributed by atoms with E-state index >= 15 is 0 Å². The van der Waals surface area contributed by atoms with Crippen LogP contribution in [0.5, 0.6) is 0 Å². The minimum absolute atomic E-state index is 0.0636. The maximum Gasteiger partial charge on any atom is 0.345 e. The molecule has 0 saturated carbocycles. The van der Waals surface area contributed by atoms with Gasteiger partial charge in [-0.1, -0.05) is 23.2 Å². The van der Waals surface area contributed by atoms with Crippen LogP contribution in [0.1, 0.15) is 17.3 Å². The van der Waals surface area contributed by atoms with Crippen molar-refractivity contribution in [2.75, 3.05) is 13.7 Å². The fraction of sp³-hybridized carbons (Fsp3) is 0.250. The van der Waals surface area contributed by atoms with Gasteiger partial charge in [0.2, 0.25) is 5.78 Å². The topological polar surface area (TPSA) is 65.5 Å². The van der Waals surface area contributed by atoms with Gasteiger partial charge < -0.3 is 9.47 Å². The molecule has 0 fully saturated rings. The van der Waals surface area contributed by atoms with Crippen LogP contribution in [0.25, 0.3) is 0 Å². The predicted molar refractivity (Wildman–Crippen MR) is 70.3 cm³/mol. The van der Waals surface area contributed by atoms with Crippen LogP contribution < -0.4 is 0 Å². The van der Waals surface area contributed by atoms with E-state index in [1.54, 1.807) is 6.92 Å². The van der Waals surface area contributed by atoms with E-state index in [0.29, 0.717) is 0 Å². The number of carbonyl (C=O) groups excluding carboxylic acids is 2. The summed E-state index contributed by atoms with van der Waals surface area (Å²) in [5, 5.41) is -0.798. The molecule has 0 amide bonds. The van der Waals surface area contributed by atoms with Crippen molar-refractivity contribution in [3.8, 4) is 0 Å². The predicted octanol–water partition coefficient (Wildman–Crippen LogP) is 2.80. The highest BCUT2D eigenvalue weighted by molar-refractivity contribution is 6.37. The SMILES string of the molecule is CCOC(=O)C(=COC)C(=O)c1cc(F)c(Cl)nc1Cl. The number of hydrogen-bond donors (Lipinski definition) is 0. The molecule has 0 unspecified atom stereocenters. The Labute approximate surface area is 124 Å². The number of rotatable bonds is 5. The van der Waals surface area contributed by atoms with Crippen LogP contribution in [-0.4, -0.2) is 30.5 Å². The van der Waals surface area contributed by atoms with Gasteiger partial charge in [0.05, 0.1) is 19.3 Å². The Bertz CT molecular complexity index is 575. The third-order valence-electron chi connectivity index (χ3n) is 2.11. The number of halogens is 3. The molecule has 1 rings (SSSR count). The summed E-state index contributed by atoms with van der Waals surface area (Å²) < 4.78 is 22.7. The summed E-state index contributed by atoms with van der Waals surface area (Å²) in [4.78, 5) is 27.2. The van der Waals surface area contributed by atoms with Gasteiger partial charge in [-0.05, 0) is 13.0 Å². The van der Waals surface area contributed by atoms with E-state index in [1.807, 2.05) is 0 Å². The summed E-state index contributed by atoms with van der Waals surface area (Å²) in [5.41, 5.74) is -0.746. The highest BCUT2D eigenvalue weighted by Crippen LogP contribution is 2.23. The molecule has 108 valence electrons. The zero-order valence-corrected chi connectivity index (χ0v) is 12.1. The number of esters is 1. The molecule has 8 heteroatoms. The van der Waals surface area contributed by atoms with Gasteiger partial charge >= 0.3 is 5.97 Å². The molecule has 0 spiro atoms. The summed E-state index contributed by atoms with van der Waals surface area (Å²) in [5.74, 6) is -2.72. The van der Waals surface area contributed by atoms with Crippen LogP contribution in [0.15, 0.2) is 17.9 Å². The standard InChI is InChI=1S/C12H10Cl2FNO4/c1-3-20-12(18)7(5-19-2)9(17)6-4-8(15)11(14)16-10(6)13/h4-5H,3H2,1-2H3. The van der Waals surface area contributed by atoms with Gasteiger partial charge in [-0.15, -0.1) is 0 Å². The fourth-order valence-corrected chi connectivity index (χ4v) is 1.68. The minimum Gasteiger partial charge on any atom is -0.503 e. The molecule has 0 aliphatic rings.